The van der Waals surface area contributed by atoms with Crippen LogP contribution in [-0.2, 0) is 10.0 Å². The summed E-state index contributed by atoms with van der Waals surface area (Å²) >= 11 is 0. The van der Waals surface area contributed by atoms with E-state index in [1.54, 1.807) is 0 Å². The van der Waals surface area contributed by atoms with Crippen LogP contribution in [0.15, 0.2) is 15.4 Å². The lowest BCUT2D eigenvalue weighted by Gasteiger charge is -2.30. The second kappa shape index (κ2) is 6.16. The molecule has 2 N–H and O–H groups in total. The van der Waals surface area contributed by atoms with Crippen LogP contribution >= 0.6 is 0 Å². The van der Waals surface area contributed by atoms with Crippen LogP contribution in [0.5, 0.6) is 0 Å². The van der Waals surface area contributed by atoms with E-state index in [9.17, 15) is 26.4 Å². The summed E-state index contributed by atoms with van der Waals surface area (Å²) in [6.45, 7) is 1.28. The number of sulfonamides is 1. The number of halogens is 3. The average Bonchev–Trinajstić information content (AvgIpc) is 2.81. The number of carbonyl (C=O) groups is 1. The summed E-state index contributed by atoms with van der Waals surface area (Å²) in [6.07, 6.45) is -4.14. The largest absolute Gasteiger partial charge is 0.475 e. The van der Waals surface area contributed by atoms with Gasteiger partial charge in [0.2, 0.25) is 15.8 Å². The number of carboxylic acid groups (broad SMARTS) is 1. The second-order valence-corrected chi connectivity index (χ2v) is 7.24. The molecule has 130 valence electrons. The van der Waals surface area contributed by atoms with E-state index in [1.165, 1.54) is 6.92 Å². The van der Waals surface area contributed by atoms with Gasteiger partial charge in [-0.1, -0.05) is 6.42 Å². The fraction of sp³-hybridized carbons (Fsp3) is 0.615. The molecule has 1 heterocycles. The summed E-state index contributed by atoms with van der Waals surface area (Å²) in [7, 11) is -4.15. The van der Waals surface area contributed by atoms with Crippen LogP contribution in [0.25, 0.3) is 0 Å². The summed E-state index contributed by atoms with van der Waals surface area (Å²) in [5, 5.41) is 8.80. The average molecular weight is 355 g/mol. The number of rotatable bonds is 4. The lowest BCUT2D eigenvalue weighted by Crippen LogP contribution is -2.41. The monoisotopic (exact) mass is 355 g/mol. The van der Waals surface area contributed by atoms with Gasteiger partial charge < -0.3 is 9.52 Å². The Morgan fingerprint density at radius 3 is 2.57 bits per heavy atom. The fourth-order valence-corrected chi connectivity index (χ4v) is 4.18. The third-order valence-electron chi connectivity index (χ3n) is 3.83. The van der Waals surface area contributed by atoms with Gasteiger partial charge in [0.1, 0.15) is 10.7 Å². The molecule has 1 aliphatic carbocycles. The Hall–Kier alpha value is -1.55. The SMILES string of the molecule is Cc1oc(C(=O)O)cc1S(=O)(=O)NC1CCCC(C(F)(F)F)C1. The maximum Gasteiger partial charge on any atom is 0.391 e. The molecule has 1 aliphatic rings. The van der Waals surface area contributed by atoms with Crippen molar-refractivity contribution < 1.29 is 35.9 Å². The standard InChI is InChI=1S/C13H16F3NO5S/c1-7-11(6-10(22-7)12(18)19)23(20,21)17-9-4-2-3-8(5-9)13(14,15)16/h6,8-9,17H,2-5H2,1H3,(H,18,19). The Morgan fingerprint density at radius 1 is 1.39 bits per heavy atom. The molecular formula is C13H16F3NO5S. The highest BCUT2D eigenvalue weighted by atomic mass is 32.2. The summed E-state index contributed by atoms with van der Waals surface area (Å²) in [6, 6.07) is 0.00677. The number of nitrogens with one attached hydrogen (secondary N) is 1. The molecule has 0 aliphatic heterocycles. The normalized spacial score (nSPS) is 23.0. The maximum atomic E-state index is 12.8. The van der Waals surface area contributed by atoms with Crippen LogP contribution in [-0.4, -0.2) is 31.7 Å². The van der Waals surface area contributed by atoms with Gasteiger partial charge in [-0.2, -0.15) is 13.2 Å². The summed E-state index contributed by atoms with van der Waals surface area (Å²) in [4.78, 5) is 10.4. The van der Waals surface area contributed by atoms with Crippen LogP contribution in [0.4, 0.5) is 13.2 Å². The first-order valence-corrected chi connectivity index (χ1v) is 8.42. The highest BCUT2D eigenvalue weighted by molar-refractivity contribution is 7.89. The Labute approximate surface area is 130 Å². The zero-order valence-electron chi connectivity index (χ0n) is 12.2. The minimum Gasteiger partial charge on any atom is -0.475 e. The van der Waals surface area contributed by atoms with Crippen molar-refractivity contribution in [3.8, 4) is 0 Å². The highest BCUT2D eigenvalue weighted by Gasteiger charge is 2.43. The molecule has 0 bridgehead atoms. The third-order valence-corrected chi connectivity index (χ3v) is 5.46. The van der Waals surface area contributed by atoms with Gasteiger partial charge in [0.15, 0.2) is 0 Å². The molecule has 2 unspecified atom stereocenters. The quantitative estimate of drug-likeness (QED) is 0.866. The highest BCUT2D eigenvalue weighted by Crippen LogP contribution is 2.38. The molecule has 1 saturated carbocycles. The number of carboxylic acids is 1. The predicted octanol–water partition coefficient (Wildman–Crippen LogP) is 2.69. The van der Waals surface area contributed by atoms with Gasteiger partial charge in [0.25, 0.3) is 0 Å². The summed E-state index contributed by atoms with van der Waals surface area (Å²) in [5.74, 6) is -3.63. The number of aryl methyl sites for hydroxylation is 1. The van der Waals surface area contributed by atoms with Gasteiger partial charge in [0, 0.05) is 12.1 Å². The number of alkyl halides is 3. The first kappa shape index (κ1) is 17.8. The van der Waals surface area contributed by atoms with Crippen molar-refractivity contribution >= 4 is 16.0 Å². The third kappa shape index (κ3) is 4.05. The zero-order valence-corrected chi connectivity index (χ0v) is 13.0. The van der Waals surface area contributed by atoms with E-state index >= 15 is 0 Å². The first-order valence-electron chi connectivity index (χ1n) is 6.93. The molecule has 1 fully saturated rings. The maximum absolute atomic E-state index is 12.8. The Morgan fingerprint density at radius 2 is 2.04 bits per heavy atom. The van der Waals surface area contributed by atoms with Crippen molar-refractivity contribution in [2.45, 2.75) is 49.7 Å². The Bertz CT molecular complexity index is 695. The number of hydrogen-bond donors (Lipinski definition) is 2. The van der Waals surface area contributed by atoms with Gasteiger partial charge in [-0.3, -0.25) is 0 Å². The molecule has 0 aromatic carbocycles. The smallest absolute Gasteiger partial charge is 0.391 e. The van der Waals surface area contributed by atoms with Crippen molar-refractivity contribution in [3.05, 3.63) is 17.6 Å². The minimum absolute atomic E-state index is 0.0182. The minimum atomic E-state index is -4.36. The molecule has 1 aromatic rings. The van der Waals surface area contributed by atoms with Crippen molar-refractivity contribution in [2.75, 3.05) is 0 Å². The van der Waals surface area contributed by atoms with E-state index < -0.39 is 39.9 Å². The lowest BCUT2D eigenvalue weighted by molar-refractivity contribution is -0.183. The van der Waals surface area contributed by atoms with Crippen molar-refractivity contribution in [2.24, 2.45) is 5.92 Å². The van der Waals surface area contributed by atoms with Gasteiger partial charge in [-0.25, -0.2) is 17.9 Å². The van der Waals surface area contributed by atoms with Crippen molar-refractivity contribution in [1.82, 2.24) is 4.72 Å². The number of furan rings is 1. The zero-order chi connectivity index (χ0) is 17.4. The van der Waals surface area contributed by atoms with Crippen LogP contribution in [0.2, 0.25) is 0 Å². The van der Waals surface area contributed by atoms with E-state index in [0.29, 0.717) is 6.42 Å². The molecule has 0 amide bonds. The van der Waals surface area contributed by atoms with Gasteiger partial charge in [-0.15, -0.1) is 0 Å². The lowest BCUT2D eigenvalue weighted by atomic mass is 9.86. The number of hydrogen-bond acceptors (Lipinski definition) is 4. The van der Waals surface area contributed by atoms with E-state index in [-0.39, 0.29) is 29.9 Å². The Kier molecular flexibility index (Phi) is 4.76. The molecule has 6 nitrogen and oxygen atoms in total. The Balaban J connectivity index is 2.17. The van der Waals surface area contributed by atoms with Gasteiger partial charge >= 0.3 is 12.1 Å². The molecule has 0 radical (unpaired) electrons. The van der Waals surface area contributed by atoms with E-state index in [0.717, 1.165) is 6.07 Å². The second-order valence-electron chi connectivity index (χ2n) is 5.56. The van der Waals surface area contributed by atoms with E-state index in [4.69, 9.17) is 9.52 Å². The predicted molar refractivity (Wildman–Crippen MR) is 72.5 cm³/mol. The number of aromatic carboxylic acids is 1. The molecule has 0 spiro atoms. The molecular weight excluding hydrogens is 339 g/mol. The van der Waals surface area contributed by atoms with E-state index in [2.05, 4.69) is 4.72 Å². The fourth-order valence-electron chi connectivity index (χ4n) is 2.71. The summed E-state index contributed by atoms with van der Waals surface area (Å²) in [5.41, 5.74) is 0. The molecule has 10 heteroatoms. The topological polar surface area (TPSA) is 96.6 Å². The van der Waals surface area contributed by atoms with E-state index in [1.807, 2.05) is 0 Å². The summed E-state index contributed by atoms with van der Waals surface area (Å²) < 4.78 is 69.9. The van der Waals surface area contributed by atoms with Crippen LogP contribution in [0.3, 0.4) is 0 Å². The molecule has 1 aromatic heterocycles. The molecule has 23 heavy (non-hydrogen) atoms. The van der Waals surface area contributed by atoms with Gasteiger partial charge in [-0.05, 0) is 26.2 Å². The van der Waals surface area contributed by atoms with Crippen molar-refractivity contribution in [3.63, 3.8) is 0 Å². The van der Waals surface area contributed by atoms with Crippen LogP contribution in [0.1, 0.15) is 42.0 Å². The van der Waals surface area contributed by atoms with Crippen molar-refractivity contribution in [1.29, 1.82) is 0 Å². The first-order chi connectivity index (χ1) is 10.5. The van der Waals surface area contributed by atoms with Crippen LogP contribution < -0.4 is 4.72 Å². The molecule has 0 saturated heterocycles. The molecule has 2 atom stereocenters. The molecule has 2 rings (SSSR count). The van der Waals surface area contributed by atoms with Crippen LogP contribution in [0, 0.1) is 12.8 Å². The van der Waals surface area contributed by atoms with Gasteiger partial charge in [0.05, 0.1) is 5.92 Å².